The Bertz CT molecular complexity index is 819. The van der Waals surface area contributed by atoms with Crippen molar-refractivity contribution < 1.29 is 18.3 Å². The molecule has 178 valence electrons. The van der Waals surface area contributed by atoms with E-state index in [0.717, 1.165) is 6.42 Å². The first-order valence-corrected chi connectivity index (χ1v) is 11.9. The number of ether oxygens (including phenoxy) is 1. The largest absolute Gasteiger partial charge is 0.396 e. The van der Waals surface area contributed by atoms with E-state index in [4.69, 9.17) is 4.74 Å². The normalized spacial score (nSPS) is 19.7. The number of nitrogens with zero attached hydrogens (tertiary/aromatic N) is 1. The smallest absolute Gasteiger partial charge is 0.241 e. The SMILES string of the molecule is CCNC(=NCc1ccccc1S(=O)(=O)NC(C)(C)C)NCC1(CCO)CCOC1.I. The maximum Gasteiger partial charge on any atom is 0.241 e. The van der Waals surface area contributed by atoms with Gasteiger partial charge in [0.2, 0.25) is 10.0 Å². The zero-order chi connectivity index (χ0) is 22.3. The average molecular weight is 569 g/mol. The zero-order valence-corrected chi connectivity index (χ0v) is 22.0. The molecule has 1 aliphatic rings. The molecule has 1 aromatic carbocycles. The highest BCUT2D eigenvalue weighted by Crippen LogP contribution is 2.31. The summed E-state index contributed by atoms with van der Waals surface area (Å²) in [5.41, 5.74) is -0.0560. The van der Waals surface area contributed by atoms with E-state index >= 15 is 0 Å². The quantitative estimate of drug-likeness (QED) is 0.207. The van der Waals surface area contributed by atoms with Crippen molar-refractivity contribution in [3.8, 4) is 0 Å². The molecule has 0 saturated carbocycles. The Balaban J connectivity index is 0.00000480. The Labute approximate surface area is 203 Å². The van der Waals surface area contributed by atoms with Crippen molar-refractivity contribution in [3.05, 3.63) is 29.8 Å². The molecule has 1 aliphatic heterocycles. The first-order valence-electron chi connectivity index (χ1n) is 10.4. The number of halogens is 1. The molecule has 0 bridgehead atoms. The van der Waals surface area contributed by atoms with Crippen molar-refractivity contribution in [2.24, 2.45) is 10.4 Å². The number of hydrogen-bond donors (Lipinski definition) is 4. The van der Waals surface area contributed by atoms with Crippen LogP contribution in [0.15, 0.2) is 34.2 Å². The molecular formula is C21H37IN4O4S. The summed E-state index contributed by atoms with van der Waals surface area (Å²) in [6.07, 6.45) is 1.55. The van der Waals surface area contributed by atoms with Crippen LogP contribution in [0, 0.1) is 5.41 Å². The molecule has 8 nitrogen and oxygen atoms in total. The Morgan fingerprint density at radius 3 is 2.55 bits per heavy atom. The molecule has 0 amide bonds. The molecule has 0 spiro atoms. The molecule has 1 saturated heterocycles. The predicted octanol–water partition coefficient (Wildman–Crippen LogP) is 2.23. The van der Waals surface area contributed by atoms with Crippen LogP contribution in [0.2, 0.25) is 0 Å². The van der Waals surface area contributed by atoms with Crippen molar-refractivity contribution in [2.45, 2.75) is 57.5 Å². The summed E-state index contributed by atoms with van der Waals surface area (Å²) in [5.74, 6) is 0.609. The molecule has 2 rings (SSSR count). The summed E-state index contributed by atoms with van der Waals surface area (Å²) >= 11 is 0. The summed E-state index contributed by atoms with van der Waals surface area (Å²) in [7, 11) is -3.66. The van der Waals surface area contributed by atoms with Crippen LogP contribution >= 0.6 is 24.0 Å². The highest BCUT2D eigenvalue weighted by atomic mass is 127. The number of aliphatic hydroxyl groups excluding tert-OH is 1. The monoisotopic (exact) mass is 568 g/mol. The number of aliphatic hydroxyl groups is 1. The first kappa shape index (κ1) is 28.1. The van der Waals surface area contributed by atoms with Gasteiger partial charge in [-0.2, -0.15) is 0 Å². The Morgan fingerprint density at radius 2 is 1.97 bits per heavy atom. The van der Waals surface area contributed by atoms with E-state index in [1.54, 1.807) is 18.2 Å². The topological polar surface area (TPSA) is 112 Å². The van der Waals surface area contributed by atoms with Gasteiger partial charge in [-0.15, -0.1) is 24.0 Å². The van der Waals surface area contributed by atoms with Gasteiger partial charge in [0.05, 0.1) is 18.0 Å². The second-order valence-electron chi connectivity index (χ2n) is 8.79. The summed E-state index contributed by atoms with van der Waals surface area (Å²) < 4.78 is 33.9. The Kier molecular flexibility index (Phi) is 11.2. The lowest BCUT2D eigenvalue weighted by atomic mass is 9.84. The average Bonchev–Trinajstić information content (AvgIpc) is 3.11. The minimum atomic E-state index is -3.66. The van der Waals surface area contributed by atoms with Crippen LogP contribution in [-0.2, 0) is 21.3 Å². The van der Waals surface area contributed by atoms with E-state index < -0.39 is 15.6 Å². The number of sulfonamides is 1. The van der Waals surface area contributed by atoms with E-state index in [1.165, 1.54) is 0 Å². The van der Waals surface area contributed by atoms with Gasteiger partial charge in [0.25, 0.3) is 0 Å². The van der Waals surface area contributed by atoms with E-state index in [9.17, 15) is 13.5 Å². The summed E-state index contributed by atoms with van der Waals surface area (Å²) in [6.45, 7) is 10.4. The van der Waals surface area contributed by atoms with E-state index in [-0.39, 0.29) is 47.4 Å². The predicted molar refractivity (Wildman–Crippen MR) is 134 cm³/mol. The van der Waals surface area contributed by atoms with Gasteiger partial charge in [0.1, 0.15) is 0 Å². The summed E-state index contributed by atoms with van der Waals surface area (Å²) in [5, 5.41) is 15.9. The van der Waals surface area contributed by atoms with Gasteiger partial charge in [-0.25, -0.2) is 18.1 Å². The van der Waals surface area contributed by atoms with Crippen LogP contribution in [0.4, 0.5) is 0 Å². The fraction of sp³-hybridized carbons (Fsp3) is 0.667. The molecule has 0 radical (unpaired) electrons. The van der Waals surface area contributed by atoms with Crippen LogP contribution < -0.4 is 15.4 Å². The van der Waals surface area contributed by atoms with Crippen LogP contribution in [0.25, 0.3) is 0 Å². The van der Waals surface area contributed by atoms with Crippen molar-refractivity contribution in [2.75, 3.05) is 32.9 Å². The minimum absolute atomic E-state index is 0. The van der Waals surface area contributed by atoms with Gasteiger partial charge in [0, 0.05) is 37.3 Å². The van der Waals surface area contributed by atoms with E-state index in [1.807, 2.05) is 33.8 Å². The molecule has 1 atom stereocenters. The highest BCUT2D eigenvalue weighted by molar-refractivity contribution is 14.0. The minimum Gasteiger partial charge on any atom is -0.396 e. The van der Waals surface area contributed by atoms with Crippen molar-refractivity contribution >= 4 is 40.0 Å². The second-order valence-corrected chi connectivity index (χ2v) is 10.4. The Morgan fingerprint density at radius 1 is 1.26 bits per heavy atom. The van der Waals surface area contributed by atoms with Gasteiger partial charge < -0.3 is 20.5 Å². The fourth-order valence-electron chi connectivity index (χ4n) is 3.44. The number of nitrogens with one attached hydrogen (secondary N) is 3. The third-order valence-electron chi connectivity index (χ3n) is 4.91. The lowest BCUT2D eigenvalue weighted by Gasteiger charge is -2.27. The standard InChI is InChI=1S/C21H36N4O4S.HI/c1-5-22-19(24-15-21(10-12-26)11-13-29-16-21)23-14-17-8-6-7-9-18(17)30(27,28)25-20(2,3)4;/h6-9,25-26H,5,10-16H2,1-4H3,(H2,22,23,24);1H. The number of guanidine groups is 1. The molecule has 31 heavy (non-hydrogen) atoms. The van der Waals surface area contributed by atoms with Crippen molar-refractivity contribution in [1.29, 1.82) is 0 Å². The lowest BCUT2D eigenvalue weighted by molar-refractivity contribution is 0.127. The highest BCUT2D eigenvalue weighted by Gasteiger charge is 2.34. The fourth-order valence-corrected chi connectivity index (χ4v) is 5.10. The maximum atomic E-state index is 12.8. The van der Waals surface area contributed by atoms with Crippen molar-refractivity contribution in [3.63, 3.8) is 0 Å². The van der Waals surface area contributed by atoms with Crippen LogP contribution in [0.5, 0.6) is 0 Å². The summed E-state index contributed by atoms with van der Waals surface area (Å²) in [6, 6.07) is 6.91. The van der Waals surface area contributed by atoms with Crippen molar-refractivity contribution in [1.82, 2.24) is 15.4 Å². The van der Waals surface area contributed by atoms with Gasteiger partial charge >= 0.3 is 0 Å². The van der Waals surface area contributed by atoms with E-state index in [0.29, 0.717) is 44.2 Å². The molecule has 1 fully saturated rings. The lowest BCUT2D eigenvalue weighted by Crippen LogP contribution is -2.44. The van der Waals surface area contributed by atoms with Gasteiger partial charge in [0.15, 0.2) is 5.96 Å². The number of hydrogen-bond acceptors (Lipinski definition) is 5. The van der Waals surface area contributed by atoms with Gasteiger partial charge in [-0.3, -0.25) is 0 Å². The number of rotatable bonds is 9. The van der Waals surface area contributed by atoms with Gasteiger partial charge in [-0.1, -0.05) is 18.2 Å². The first-order chi connectivity index (χ1) is 14.1. The molecule has 4 N–H and O–H groups in total. The maximum absolute atomic E-state index is 12.8. The van der Waals surface area contributed by atoms with Crippen LogP contribution in [0.1, 0.15) is 46.1 Å². The zero-order valence-electron chi connectivity index (χ0n) is 18.9. The summed E-state index contributed by atoms with van der Waals surface area (Å²) in [4.78, 5) is 4.84. The number of benzene rings is 1. The molecule has 1 aromatic rings. The molecule has 1 heterocycles. The second kappa shape index (κ2) is 12.3. The van der Waals surface area contributed by atoms with Gasteiger partial charge in [-0.05, 0) is 52.2 Å². The molecule has 1 unspecified atom stereocenters. The molecule has 0 aromatic heterocycles. The number of aliphatic imine (C=N–C) groups is 1. The molecular weight excluding hydrogens is 531 g/mol. The molecule has 10 heteroatoms. The van der Waals surface area contributed by atoms with Crippen LogP contribution in [0.3, 0.4) is 0 Å². The van der Waals surface area contributed by atoms with Crippen LogP contribution in [-0.4, -0.2) is 57.9 Å². The Hall–Kier alpha value is -0.950. The molecule has 0 aliphatic carbocycles. The van der Waals surface area contributed by atoms with E-state index in [2.05, 4.69) is 20.3 Å². The third kappa shape index (κ3) is 8.83. The third-order valence-corrected chi connectivity index (χ3v) is 6.77.